The maximum atomic E-state index is 14.6. The molecule has 1 unspecified atom stereocenters. The third-order valence-corrected chi connectivity index (χ3v) is 15.8. The van der Waals surface area contributed by atoms with Crippen LogP contribution in [0.15, 0.2) is 24.4 Å². The fraction of sp³-hybridized carbons (Fsp3) is 0.816. The number of ether oxygens (including phenoxy) is 5. The lowest BCUT2D eigenvalue weighted by atomic mass is 9.68. The lowest BCUT2D eigenvalue weighted by Gasteiger charge is -2.51. The Labute approximate surface area is 402 Å². The van der Waals surface area contributed by atoms with E-state index in [-0.39, 0.29) is 31.3 Å². The summed E-state index contributed by atoms with van der Waals surface area (Å²) >= 11 is 0. The summed E-state index contributed by atoms with van der Waals surface area (Å²) < 4.78 is 35.7. The molecule has 0 spiro atoms. The van der Waals surface area contributed by atoms with Crippen molar-refractivity contribution >= 4 is 17.0 Å². The number of aromatic nitrogens is 6. The van der Waals surface area contributed by atoms with Gasteiger partial charge in [-0.25, -0.2) is 9.36 Å². The zero-order valence-electron chi connectivity index (χ0n) is 42.9. The number of cyclic esters (lactones) is 1. The standard InChI is InChI=1S/C49H82N8O11/c1-15-39-49(10,63)42(59)31(6)55(12)24-27(2)22-47(8,62)44(29(4)40(30(5)45(61)67-39)38-23-48(9,64-14)43(60)32(7)66-38)68-46-41(58)37(20-28(3)65-46)54(11)19-18-34-26-57(53-50-34)25-33-16-17-36-35(21-33)51-52-56(36)13/h16-17,21,26-32,37-44,46,58-60,62-63H,15,18-20,22-25H2,1-14H3/t27-,28-,29+,30-,31-,32+,37+,38?,39-,40+,41-,42-,43+,44-,46+,47-,48-,49-/m1/s1. The molecule has 3 aromatic rings. The molecule has 6 rings (SSSR count). The van der Waals surface area contributed by atoms with Gasteiger partial charge in [-0.05, 0) is 104 Å². The SMILES string of the molecule is CC[C@H]1OC(=O)[C@H](C)[C@@H](C2C[C@@](C)(OC)[C@@H](O)[C@H](C)O2)[C@H](C)[C@@H](O[C@@H]2O[C@H](C)C[C@H](N(C)CCc3cn(Cc4ccc5c(c4)nnn5C)nn3)[C@H]2O)[C@](C)(O)C[C@@H](C)CN(C)[C@H](C)[C@@H](O)[C@]1(C)O. The first-order chi connectivity index (χ1) is 31.8. The van der Waals surface area contributed by atoms with Gasteiger partial charge in [0.15, 0.2) is 6.29 Å². The van der Waals surface area contributed by atoms with Crippen LogP contribution in [0.25, 0.3) is 11.0 Å². The van der Waals surface area contributed by atoms with Crippen LogP contribution in [0.3, 0.4) is 0 Å². The monoisotopic (exact) mass is 959 g/mol. The molecule has 18 atom stereocenters. The molecule has 2 aromatic heterocycles. The van der Waals surface area contributed by atoms with Crippen molar-refractivity contribution in [3.8, 4) is 0 Å². The Morgan fingerprint density at radius 2 is 1.66 bits per heavy atom. The smallest absolute Gasteiger partial charge is 0.309 e. The van der Waals surface area contributed by atoms with Crippen molar-refractivity contribution in [2.75, 3.05) is 34.3 Å². The number of esters is 1. The summed E-state index contributed by atoms with van der Waals surface area (Å²) in [5.74, 6) is -3.10. The first kappa shape index (κ1) is 54.1. The molecule has 68 heavy (non-hydrogen) atoms. The van der Waals surface area contributed by atoms with Crippen molar-refractivity contribution in [1.29, 1.82) is 0 Å². The highest BCUT2D eigenvalue weighted by Crippen LogP contribution is 2.45. The lowest BCUT2D eigenvalue weighted by molar-refractivity contribution is -0.302. The summed E-state index contributed by atoms with van der Waals surface area (Å²) in [6, 6.07) is 5.07. The minimum Gasteiger partial charge on any atom is -0.459 e. The maximum Gasteiger partial charge on any atom is 0.309 e. The van der Waals surface area contributed by atoms with Gasteiger partial charge < -0.3 is 59.0 Å². The summed E-state index contributed by atoms with van der Waals surface area (Å²) in [5, 5.41) is 77.2. The minimum absolute atomic E-state index is 0.165. The molecule has 3 fully saturated rings. The third kappa shape index (κ3) is 11.6. The quantitative estimate of drug-likeness (QED) is 0.174. The number of aryl methyl sites for hydroxylation is 1. The molecule has 3 saturated heterocycles. The molecule has 3 aliphatic heterocycles. The van der Waals surface area contributed by atoms with Crippen LogP contribution in [0.4, 0.5) is 0 Å². The van der Waals surface area contributed by atoms with E-state index in [4.69, 9.17) is 23.7 Å². The Hall–Kier alpha value is -3.21. The molecular formula is C49H82N8O11. The predicted octanol–water partition coefficient (Wildman–Crippen LogP) is 2.71. The molecule has 19 heteroatoms. The second kappa shape index (κ2) is 21.6. The molecular weight excluding hydrogens is 877 g/mol. The number of nitrogens with zero attached hydrogens (tertiary/aromatic N) is 8. The molecule has 5 heterocycles. The third-order valence-electron chi connectivity index (χ3n) is 15.8. The molecule has 19 nitrogen and oxygen atoms in total. The van der Waals surface area contributed by atoms with Crippen LogP contribution < -0.4 is 0 Å². The van der Waals surface area contributed by atoms with Gasteiger partial charge >= 0.3 is 5.97 Å². The normalized spacial score (nSPS) is 40.8. The van der Waals surface area contributed by atoms with Crippen LogP contribution in [0.2, 0.25) is 0 Å². The van der Waals surface area contributed by atoms with E-state index in [0.29, 0.717) is 32.5 Å². The number of aliphatic hydroxyl groups is 5. The van der Waals surface area contributed by atoms with Gasteiger partial charge in [-0.2, -0.15) is 0 Å². The second-order valence-corrected chi connectivity index (χ2v) is 21.5. The van der Waals surface area contributed by atoms with Crippen molar-refractivity contribution in [1.82, 2.24) is 39.8 Å². The van der Waals surface area contributed by atoms with Crippen molar-refractivity contribution in [3.63, 3.8) is 0 Å². The number of rotatable bonds is 11. The highest BCUT2D eigenvalue weighted by atomic mass is 16.7. The van der Waals surface area contributed by atoms with Gasteiger partial charge in [0.2, 0.25) is 0 Å². The molecule has 1 aromatic carbocycles. The van der Waals surface area contributed by atoms with E-state index in [1.165, 1.54) is 14.0 Å². The van der Waals surface area contributed by atoms with E-state index in [0.717, 1.165) is 22.3 Å². The average Bonchev–Trinajstić information content (AvgIpc) is 3.89. The largest absolute Gasteiger partial charge is 0.459 e. The van der Waals surface area contributed by atoms with E-state index in [1.807, 2.05) is 85.1 Å². The Kier molecular flexibility index (Phi) is 17.2. The van der Waals surface area contributed by atoms with Crippen LogP contribution in [0.1, 0.15) is 106 Å². The number of methoxy groups -OCH3 is 1. The number of hydrogen-bond acceptors (Lipinski definition) is 17. The Bertz CT molecular complexity index is 2120. The van der Waals surface area contributed by atoms with Crippen LogP contribution in [0, 0.1) is 23.7 Å². The lowest BCUT2D eigenvalue weighted by Crippen LogP contribution is -2.62. The molecule has 5 N–H and O–H groups in total. The number of aliphatic hydroxyl groups excluding tert-OH is 3. The molecule has 0 aliphatic carbocycles. The summed E-state index contributed by atoms with van der Waals surface area (Å²) in [7, 11) is 7.20. The zero-order chi connectivity index (χ0) is 50.2. The number of likely N-dealkylation sites (N-methyl/N-ethyl adjacent to an activating group) is 2. The fourth-order valence-corrected chi connectivity index (χ4v) is 11.6. The van der Waals surface area contributed by atoms with E-state index in [1.54, 1.807) is 37.1 Å². The van der Waals surface area contributed by atoms with Gasteiger partial charge in [-0.1, -0.05) is 44.2 Å². The average molecular weight is 959 g/mol. The van der Waals surface area contributed by atoms with E-state index in [9.17, 15) is 30.3 Å². The maximum absolute atomic E-state index is 14.6. The van der Waals surface area contributed by atoms with E-state index < -0.39 is 102 Å². The molecule has 0 amide bonds. The predicted molar refractivity (Wildman–Crippen MR) is 253 cm³/mol. The highest BCUT2D eigenvalue weighted by Gasteiger charge is 2.55. The minimum atomic E-state index is -1.81. The topological polar surface area (TPSA) is 232 Å². The molecule has 0 saturated carbocycles. The summed E-state index contributed by atoms with van der Waals surface area (Å²) in [6.45, 7) is 19.5. The second-order valence-electron chi connectivity index (χ2n) is 21.5. The Balaban J connectivity index is 1.28. The van der Waals surface area contributed by atoms with Gasteiger partial charge in [0.05, 0.1) is 59.3 Å². The molecule has 0 bridgehead atoms. The van der Waals surface area contributed by atoms with Gasteiger partial charge in [0.25, 0.3) is 0 Å². The van der Waals surface area contributed by atoms with E-state index >= 15 is 0 Å². The fourth-order valence-electron chi connectivity index (χ4n) is 11.6. The number of carbonyl (C=O) groups is 1. The van der Waals surface area contributed by atoms with Crippen LogP contribution in [-0.4, -0.2) is 190 Å². The van der Waals surface area contributed by atoms with E-state index in [2.05, 4.69) is 25.5 Å². The van der Waals surface area contributed by atoms with Crippen molar-refractivity contribution in [2.45, 2.75) is 192 Å². The van der Waals surface area contributed by atoms with Crippen molar-refractivity contribution in [2.24, 2.45) is 30.7 Å². The van der Waals surface area contributed by atoms with Gasteiger partial charge in [0, 0.05) is 64.3 Å². The molecule has 3 aliphatic rings. The van der Waals surface area contributed by atoms with Gasteiger partial charge in [-0.3, -0.25) is 4.79 Å². The Morgan fingerprint density at radius 3 is 2.34 bits per heavy atom. The summed E-state index contributed by atoms with van der Waals surface area (Å²) in [5.41, 5.74) is -0.856. The molecule has 384 valence electrons. The first-order valence-corrected chi connectivity index (χ1v) is 24.6. The Morgan fingerprint density at radius 1 is 0.956 bits per heavy atom. The first-order valence-electron chi connectivity index (χ1n) is 24.6. The number of hydrogen-bond donors (Lipinski definition) is 5. The highest BCUT2D eigenvalue weighted by molar-refractivity contribution is 5.75. The van der Waals surface area contributed by atoms with Gasteiger partial charge in [0.1, 0.15) is 35.5 Å². The number of carbonyl (C=O) groups excluding carboxylic acids is 1. The van der Waals surface area contributed by atoms with Crippen molar-refractivity contribution < 1.29 is 54.0 Å². The number of benzene rings is 1. The van der Waals surface area contributed by atoms with Crippen molar-refractivity contribution in [3.05, 3.63) is 35.7 Å². The summed E-state index contributed by atoms with van der Waals surface area (Å²) in [4.78, 5) is 18.6. The van der Waals surface area contributed by atoms with Crippen LogP contribution in [0.5, 0.6) is 0 Å². The number of fused-ring (bicyclic) bond motifs is 1. The van der Waals surface area contributed by atoms with Crippen LogP contribution >= 0.6 is 0 Å². The zero-order valence-corrected chi connectivity index (χ0v) is 42.9. The summed E-state index contributed by atoms with van der Waals surface area (Å²) in [6.07, 6.45) is -4.76. The molecule has 0 radical (unpaired) electrons. The van der Waals surface area contributed by atoms with Gasteiger partial charge in [-0.15, -0.1) is 10.2 Å². The van der Waals surface area contributed by atoms with Crippen LogP contribution in [-0.2, 0) is 48.5 Å².